The summed E-state index contributed by atoms with van der Waals surface area (Å²) in [6.07, 6.45) is 4.86. The third-order valence-electron chi connectivity index (χ3n) is 4.85. The quantitative estimate of drug-likeness (QED) is 0.761. The van der Waals surface area contributed by atoms with Crippen molar-refractivity contribution in [2.24, 2.45) is 0 Å². The van der Waals surface area contributed by atoms with Gasteiger partial charge in [-0.05, 0) is 24.6 Å². The Hall–Kier alpha value is -2.34. The fraction of sp³-hybridized carbons (Fsp3) is 0.500. The van der Waals surface area contributed by atoms with Crippen LogP contribution < -0.4 is 4.74 Å². The number of hydrogen-bond acceptors (Lipinski definition) is 4. The summed E-state index contributed by atoms with van der Waals surface area (Å²) in [6, 6.07) is 7.80. The maximum atomic E-state index is 12.4. The van der Waals surface area contributed by atoms with Crippen LogP contribution in [0.5, 0.6) is 5.75 Å². The number of rotatable bonds is 7. The fourth-order valence-corrected chi connectivity index (χ4v) is 3.27. The van der Waals surface area contributed by atoms with Gasteiger partial charge in [0.1, 0.15) is 11.6 Å². The molecule has 1 aliphatic rings. The predicted octanol–water partition coefficient (Wildman–Crippen LogP) is 1.98. The molecule has 0 atom stereocenters. The molecule has 1 saturated heterocycles. The summed E-state index contributed by atoms with van der Waals surface area (Å²) in [5, 5.41) is 0. The molecule has 1 fully saturated rings. The lowest BCUT2D eigenvalue weighted by molar-refractivity contribution is -0.135. The van der Waals surface area contributed by atoms with Crippen LogP contribution in [0.3, 0.4) is 0 Å². The molecular weight excluding hydrogens is 328 g/mol. The van der Waals surface area contributed by atoms with Crippen LogP contribution in [0.2, 0.25) is 0 Å². The molecule has 6 heteroatoms. The third-order valence-corrected chi connectivity index (χ3v) is 4.85. The maximum Gasteiger partial charge on any atom is 0.260 e. The first kappa shape index (κ1) is 18.5. The monoisotopic (exact) mass is 356 g/mol. The predicted molar refractivity (Wildman–Crippen MR) is 101 cm³/mol. The van der Waals surface area contributed by atoms with Gasteiger partial charge >= 0.3 is 0 Å². The highest BCUT2D eigenvalue weighted by molar-refractivity contribution is 5.77. The number of piperazine rings is 1. The van der Waals surface area contributed by atoms with Gasteiger partial charge in [0.15, 0.2) is 6.61 Å². The minimum absolute atomic E-state index is 0.0639. The first-order chi connectivity index (χ1) is 12.7. The van der Waals surface area contributed by atoms with Crippen molar-refractivity contribution in [2.45, 2.75) is 26.8 Å². The molecule has 140 valence electrons. The van der Waals surface area contributed by atoms with E-state index in [1.165, 1.54) is 0 Å². The molecule has 6 nitrogen and oxygen atoms in total. The number of hydrogen-bond donors (Lipinski definition) is 0. The number of aryl methyl sites for hydroxylation is 2. The zero-order valence-corrected chi connectivity index (χ0v) is 15.7. The van der Waals surface area contributed by atoms with E-state index in [9.17, 15) is 4.79 Å². The second-order valence-corrected chi connectivity index (χ2v) is 6.72. The number of aromatic nitrogens is 2. The van der Waals surface area contributed by atoms with Gasteiger partial charge in [-0.1, -0.05) is 19.1 Å². The van der Waals surface area contributed by atoms with Gasteiger partial charge in [0.2, 0.25) is 0 Å². The molecule has 26 heavy (non-hydrogen) atoms. The van der Waals surface area contributed by atoms with Gasteiger partial charge in [0.05, 0.1) is 0 Å². The first-order valence-corrected chi connectivity index (χ1v) is 9.35. The average Bonchev–Trinajstić information content (AvgIpc) is 3.12. The van der Waals surface area contributed by atoms with Gasteiger partial charge in [0.25, 0.3) is 5.91 Å². The van der Waals surface area contributed by atoms with Crippen LogP contribution in [0, 0.1) is 6.92 Å². The van der Waals surface area contributed by atoms with Crippen molar-refractivity contribution in [1.82, 2.24) is 19.4 Å². The standard InChI is InChI=1S/C20H28N4O2/c1-3-19-21-7-8-23(19)12-9-22-10-13-24(14-11-22)20(25)16-26-18-6-4-5-17(2)15-18/h4-8,15H,3,9-14,16H2,1-2H3. The summed E-state index contributed by atoms with van der Waals surface area (Å²) in [5.74, 6) is 1.95. The molecule has 2 heterocycles. The highest BCUT2D eigenvalue weighted by atomic mass is 16.5. The molecule has 0 radical (unpaired) electrons. The molecule has 0 spiro atoms. The summed E-state index contributed by atoms with van der Waals surface area (Å²) in [4.78, 5) is 21.0. The second kappa shape index (κ2) is 8.85. The molecule has 1 aromatic heterocycles. The van der Waals surface area contributed by atoms with Crippen molar-refractivity contribution in [3.8, 4) is 5.75 Å². The Balaban J connectivity index is 1.39. The zero-order chi connectivity index (χ0) is 18.4. The molecule has 2 aromatic rings. The summed E-state index contributed by atoms with van der Waals surface area (Å²) < 4.78 is 7.85. The minimum Gasteiger partial charge on any atom is -0.484 e. The molecule has 1 aromatic carbocycles. The summed E-state index contributed by atoms with van der Waals surface area (Å²) in [7, 11) is 0. The topological polar surface area (TPSA) is 50.6 Å². The third kappa shape index (κ3) is 4.85. The number of carbonyl (C=O) groups is 1. The lowest BCUT2D eigenvalue weighted by Crippen LogP contribution is -2.50. The fourth-order valence-electron chi connectivity index (χ4n) is 3.27. The highest BCUT2D eigenvalue weighted by Crippen LogP contribution is 2.13. The molecule has 0 bridgehead atoms. The Morgan fingerprint density at radius 1 is 1.19 bits per heavy atom. The molecule has 0 N–H and O–H groups in total. The van der Waals surface area contributed by atoms with Crippen molar-refractivity contribution in [3.63, 3.8) is 0 Å². The van der Waals surface area contributed by atoms with E-state index in [1.807, 2.05) is 48.5 Å². The number of imidazole rings is 1. The number of benzene rings is 1. The summed E-state index contributed by atoms with van der Waals surface area (Å²) in [5.41, 5.74) is 1.13. The van der Waals surface area contributed by atoms with Crippen LogP contribution in [-0.2, 0) is 17.8 Å². The van der Waals surface area contributed by atoms with E-state index in [1.54, 1.807) is 0 Å². The van der Waals surface area contributed by atoms with Gasteiger partial charge in [-0.15, -0.1) is 0 Å². The largest absolute Gasteiger partial charge is 0.484 e. The van der Waals surface area contributed by atoms with E-state index in [0.29, 0.717) is 0 Å². The van der Waals surface area contributed by atoms with Crippen LogP contribution in [0.4, 0.5) is 0 Å². The number of amides is 1. The normalized spacial score (nSPS) is 15.2. The first-order valence-electron chi connectivity index (χ1n) is 9.35. The smallest absolute Gasteiger partial charge is 0.260 e. The van der Waals surface area contributed by atoms with Gasteiger partial charge in [-0.3, -0.25) is 9.69 Å². The Kier molecular flexibility index (Phi) is 6.28. The lowest BCUT2D eigenvalue weighted by atomic mass is 10.2. The lowest BCUT2D eigenvalue weighted by Gasteiger charge is -2.34. The Labute approximate surface area is 155 Å². The van der Waals surface area contributed by atoms with E-state index in [-0.39, 0.29) is 12.5 Å². The van der Waals surface area contributed by atoms with E-state index in [0.717, 1.165) is 62.8 Å². The molecular formula is C20H28N4O2. The van der Waals surface area contributed by atoms with E-state index in [2.05, 4.69) is 21.4 Å². The molecule has 0 aliphatic carbocycles. The maximum absolute atomic E-state index is 12.4. The summed E-state index contributed by atoms with van der Waals surface area (Å²) >= 11 is 0. The average molecular weight is 356 g/mol. The van der Waals surface area contributed by atoms with E-state index in [4.69, 9.17) is 4.74 Å². The van der Waals surface area contributed by atoms with Crippen molar-refractivity contribution >= 4 is 5.91 Å². The number of nitrogens with zero attached hydrogens (tertiary/aromatic N) is 4. The van der Waals surface area contributed by atoms with E-state index >= 15 is 0 Å². The SMILES string of the molecule is CCc1nccn1CCN1CCN(C(=O)COc2cccc(C)c2)CC1. The van der Waals surface area contributed by atoms with Gasteiger partial charge < -0.3 is 14.2 Å². The number of carbonyl (C=O) groups excluding carboxylic acids is 1. The second-order valence-electron chi connectivity index (χ2n) is 6.72. The van der Waals surface area contributed by atoms with Gasteiger partial charge in [0, 0.05) is 58.1 Å². The zero-order valence-electron chi connectivity index (χ0n) is 15.7. The Bertz CT molecular complexity index is 720. The van der Waals surface area contributed by atoms with Crippen LogP contribution >= 0.6 is 0 Å². The summed E-state index contributed by atoms with van der Waals surface area (Å²) in [6.45, 7) is 9.54. The van der Waals surface area contributed by atoms with Crippen molar-refractivity contribution in [3.05, 3.63) is 48.0 Å². The molecule has 3 rings (SSSR count). The molecule has 0 saturated carbocycles. The Morgan fingerprint density at radius 3 is 2.73 bits per heavy atom. The van der Waals surface area contributed by atoms with Crippen molar-refractivity contribution < 1.29 is 9.53 Å². The van der Waals surface area contributed by atoms with Gasteiger partial charge in [-0.25, -0.2) is 4.98 Å². The Morgan fingerprint density at radius 2 is 2.00 bits per heavy atom. The van der Waals surface area contributed by atoms with Gasteiger partial charge in [-0.2, -0.15) is 0 Å². The van der Waals surface area contributed by atoms with Crippen LogP contribution in [0.25, 0.3) is 0 Å². The van der Waals surface area contributed by atoms with E-state index < -0.39 is 0 Å². The number of ether oxygens (including phenoxy) is 1. The van der Waals surface area contributed by atoms with Crippen molar-refractivity contribution in [1.29, 1.82) is 0 Å². The highest BCUT2D eigenvalue weighted by Gasteiger charge is 2.21. The molecule has 1 aliphatic heterocycles. The van der Waals surface area contributed by atoms with Crippen molar-refractivity contribution in [2.75, 3.05) is 39.3 Å². The minimum atomic E-state index is 0.0639. The van der Waals surface area contributed by atoms with Crippen LogP contribution in [0.15, 0.2) is 36.7 Å². The van der Waals surface area contributed by atoms with Crippen LogP contribution in [-0.4, -0.2) is 64.6 Å². The molecule has 1 amide bonds. The molecule has 0 unspecified atom stereocenters. The van der Waals surface area contributed by atoms with Crippen LogP contribution in [0.1, 0.15) is 18.3 Å².